The second kappa shape index (κ2) is 7.98. The molecule has 0 spiro atoms. The molecule has 0 saturated carbocycles. The van der Waals surface area contributed by atoms with Gasteiger partial charge in [-0.25, -0.2) is 0 Å². The third kappa shape index (κ3) is 4.05. The van der Waals surface area contributed by atoms with Crippen LogP contribution < -0.4 is 5.32 Å². The summed E-state index contributed by atoms with van der Waals surface area (Å²) in [5.41, 5.74) is 1.71. The van der Waals surface area contributed by atoms with Crippen molar-refractivity contribution in [2.75, 3.05) is 12.4 Å². The number of fused-ring (bicyclic) bond motifs is 2. The quantitative estimate of drug-likeness (QED) is 0.736. The normalized spacial score (nSPS) is 20.7. The van der Waals surface area contributed by atoms with E-state index >= 15 is 0 Å². The van der Waals surface area contributed by atoms with Crippen LogP contribution in [0.5, 0.6) is 0 Å². The van der Waals surface area contributed by atoms with Gasteiger partial charge in [-0.2, -0.15) is 13.2 Å². The maximum Gasteiger partial charge on any atom is 0.416 e. The van der Waals surface area contributed by atoms with Crippen LogP contribution in [0.25, 0.3) is 0 Å². The fourth-order valence-electron chi connectivity index (χ4n) is 4.07. The summed E-state index contributed by atoms with van der Waals surface area (Å²) in [5.74, 6) is -0.600. The number of rotatable bonds is 3. The lowest BCUT2D eigenvalue weighted by atomic mass is 9.87. The zero-order chi connectivity index (χ0) is 21.5. The van der Waals surface area contributed by atoms with E-state index in [9.17, 15) is 22.8 Å². The Balaban J connectivity index is 1.47. The number of alkyl halides is 3. The van der Waals surface area contributed by atoms with Crippen LogP contribution in [0.4, 0.5) is 18.9 Å². The van der Waals surface area contributed by atoms with E-state index < -0.39 is 22.9 Å². The van der Waals surface area contributed by atoms with Crippen LogP contribution in [0.3, 0.4) is 0 Å². The average molecular weight is 434 g/mol. The van der Waals surface area contributed by atoms with Gasteiger partial charge in [0.15, 0.2) is 0 Å². The minimum absolute atomic E-state index is 0.00781. The van der Waals surface area contributed by atoms with E-state index in [-0.39, 0.29) is 24.1 Å². The van der Waals surface area contributed by atoms with Gasteiger partial charge in [-0.3, -0.25) is 9.59 Å². The number of aryl methyl sites for hydroxylation is 1. The Morgan fingerprint density at radius 1 is 1.23 bits per heavy atom. The van der Waals surface area contributed by atoms with Gasteiger partial charge in [0.1, 0.15) is 0 Å². The molecule has 2 aromatic carbocycles. The number of hydrogen-bond acceptors (Lipinski definition) is 3. The molecule has 8 heteroatoms. The Hall–Kier alpha value is -2.48. The summed E-state index contributed by atoms with van der Waals surface area (Å²) in [7, 11) is 1.75. The van der Waals surface area contributed by atoms with Crippen molar-refractivity contribution in [2.45, 2.75) is 48.0 Å². The standard InChI is InChI=1S/C22H21F3N2O2S/c1-27(17-8-4-6-13-5-2-3-7-15(13)17)20(28)12-19-21(29)26-16-11-14(22(23,24)25)9-10-18(16)30-19/h2-3,5,7,9-11,17,19H,4,6,8,12H2,1H3,(H,26,29)/t17-,19+/m0/s1. The van der Waals surface area contributed by atoms with E-state index in [2.05, 4.69) is 11.4 Å². The number of thioether (sulfide) groups is 1. The van der Waals surface area contributed by atoms with Crippen LogP contribution in [-0.2, 0) is 22.2 Å². The molecule has 1 aliphatic carbocycles. The highest BCUT2D eigenvalue weighted by Gasteiger charge is 2.35. The second-order valence-electron chi connectivity index (χ2n) is 7.62. The van der Waals surface area contributed by atoms with Gasteiger partial charge in [-0.1, -0.05) is 24.3 Å². The van der Waals surface area contributed by atoms with Gasteiger partial charge in [0.25, 0.3) is 0 Å². The molecule has 0 saturated heterocycles. The summed E-state index contributed by atoms with van der Waals surface area (Å²) in [6.45, 7) is 0. The molecule has 0 radical (unpaired) electrons. The van der Waals surface area contributed by atoms with E-state index in [1.54, 1.807) is 11.9 Å². The molecule has 2 amide bonds. The second-order valence-corrected chi connectivity index (χ2v) is 8.86. The molecule has 0 bridgehead atoms. The molecule has 4 nitrogen and oxygen atoms in total. The number of anilines is 1. The van der Waals surface area contributed by atoms with Gasteiger partial charge in [0, 0.05) is 18.4 Å². The first kappa shape index (κ1) is 20.8. The van der Waals surface area contributed by atoms with E-state index in [0.29, 0.717) is 4.90 Å². The van der Waals surface area contributed by atoms with E-state index in [1.807, 2.05) is 18.2 Å². The molecule has 0 unspecified atom stereocenters. The zero-order valence-corrected chi connectivity index (χ0v) is 17.1. The Labute approximate surface area is 176 Å². The topological polar surface area (TPSA) is 49.4 Å². The summed E-state index contributed by atoms with van der Waals surface area (Å²) in [6, 6.07) is 11.3. The number of carbonyl (C=O) groups is 2. The van der Waals surface area contributed by atoms with Gasteiger partial charge < -0.3 is 10.2 Å². The predicted molar refractivity (Wildman–Crippen MR) is 109 cm³/mol. The third-order valence-electron chi connectivity index (χ3n) is 5.69. The maximum atomic E-state index is 12.9. The average Bonchev–Trinajstić information content (AvgIpc) is 2.72. The van der Waals surface area contributed by atoms with Gasteiger partial charge in [0.2, 0.25) is 11.8 Å². The van der Waals surface area contributed by atoms with Crippen molar-refractivity contribution < 1.29 is 22.8 Å². The molecule has 4 rings (SSSR count). The number of halogens is 3. The fraction of sp³-hybridized carbons (Fsp3) is 0.364. The predicted octanol–water partition coefficient (Wildman–Crippen LogP) is 5.04. The lowest BCUT2D eigenvalue weighted by molar-refractivity contribution is -0.137. The Bertz CT molecular complexity index is 993. The SMILES string of the molecule is CN(C(=O)C[C@H]1Sc2ccc(C(F)(F)F)cc2NC1=O)[C@H]1CCCc2ccccc21. The molecule has 30 heavy (non-hydrogen) atoms. The lowest BCUT2D eigenvalue weighted by Crippen LogP contribution is -2.38. The van der Waals surface area contributed by atoms with Gasteiger partial charge >= 0.3 is 6.18 Å². The molecule has 158 valence electrons. The Kier molecular flexibility index (Phi) is 5.53. The van der Waals surface area contributed by atoms with Gasteiger partial charge in [0.05, 0.1) is 22.5 Å². The first-order valence-corrected chi connectivity index (χ1v) is 10.6. The largest absolute Gasteiger partial charge is 0.416 e. The molecule has 2 aromatic rings. The van der Waals surface area contributed by atoms with Crippen molar-refractivity contribution in [1.82, 2.24) is 4.90 Å². The molecule has 0 fully saturated rings. The van der Waals surface area contributed by atoms with Gasteiger partial charge in [-0.15, -0.1) is 11.8 Å². The van der Waals surface area contributed by atoms with E-state index in [1.165, 1.54) is 11.6 Å². The van der Waals surface area contributed by atoms with Gasteiger partial charge in [-0.05, 0) is 48.6 Å². The molecule has 1 aliphatic heterocycles. The number of carbonyl (C=O) groups excluding carboxylic acids is 2. The van der Waals surface area contributed by atoms with Crippen molar-refractivity contribution in [3.05, 3.63) is 59.2 Å². The molecule has 2 atom stereocenters. The molecule has 1 N–H and O–H groups in total. The Morgan fingerprint density at radius 3 is 2.77 bits per heavy atom. The molecular formula is C22H21F3N2O2S. The highest BCUT2D eigenvalue weighted by Crippen LogP contribution is 2.41. The summed E-state index contributed by atoms with van der Waals surface area (Å²) in [5, 5.41) is 1.85. The van der Waals surface area contributed by atoms with Crippen molar-refractivity contribution in [3.63, 3.8) is 0 Å². The van der Waals surface area contributed by atoms with Crippen LogP contribution in [-0.4, -0.2) is 29.0 Å². The molecule has 1 heterocycles. The smallest absolute Gasteiger partial charge is 0.339 e. The van der Waals surface area contributed by atoms with Crippen LogP contribution in [0, 0.1) is 0 Å². The van der Waals surface area contributed by atoms with Crippen LogP contribution in [0.1, 0.15) is 42.0 Å². The molecule has 0 aromatic heterocycles. The molecule has 2 aliphatic rings. The van der Waals surface area contributed by atoms with Crippen molar-refractivity contribution in [3.8, 4) is 0 Å². The van der Waals surface area contributed by atoms with Crippen molar-refractivity contribution in [2.24, 2.45) is 0 Å². The first-order chi connectivity index (χ1) is 14.2. The minimum Gasteiger partial charge on any atom is -0.339 e. The van der Waals surface area contributed by atoms with Crippen LogP contribution in [0.2, 0.25) is 0 Å². The first-order valence-electron chi connectivity index (χ1n) is 9.76. The van der Waals surface area contributed by atoms with Crippen molar-refractivity contribution >= 4 is 29.3 Å². The van der Waals surface area contributed by atoms with E-state index in [4.69, 9.17) is 0 Å². The summed E-state index contributed by atoms with van der Waals surface area (Å²) >= 11 is 1.14. The summed E-state index contributed by atoms with van der Waals surface area (Å²) < 4.78 is 38.7. The number of nitrogens with one attached hydrogen (secondary N) is 1. The van der Waals surface area contributed by atoms with E-state index in [0.717, 1.165) is 48.7 Å². The van der Waals surface area contributed by atoms with Crippen molar-refractivity contribution in [1.29, 1.82) is 0 Å². The van der Waals surface area contributed by atoms with Crippen LogP contribution in [0.15, 0.2) is 47.4 Å². The summed E-state index contributed by atoms with van der Waals surface area (Å²) in [4.78, 5) is 27.6. The fourth-order valence-corrected chi connectivity index (χ4v) is 5.15. The molecular weight excluding hydrogens is 413 g/mol. The Morgan fingerprint density at radius 2 is 2.00 bits per heavy atom. The highest BCUT2D eigenvalue weighted by molar-refractivity contribution is 8.01. The number of nitrogens with zero attached hydrogens (tertiary/aromatic N) is 1. The zero-order valence-electron chi connectivity index (χ0n) is 16.3. The number of benzene rings is 2. The van der Waals surface area contributed by atoms with Crippen LogP contribution >= 0.6 is 11.8 Å². The highest BCUT2D eigenvalue weighted by atomic mass is 32.2. The maximum absolute atomic E-state index is 12.9. The lowest BCUT2D eigenvalue weighted by Gasteiger charge is -2.34. The summed E-state index contributed by atoms with van der Waals surface area (Å²) in [6.07, 6.45) is -1.63. The third-order valence-corrected chi connectivity index (χ3v) is 6.96. The monoisotopic (exact) mass is 434 g/mol. The number of amides is 2. The minimum atomic E-state index is -4.48. The number of hydrogen-bond donors (Lipinski definition) is 1.